The number of aliphatic hydroxyl groups is 1. The van der Waals surface area contributed by atoms with E-state index in [1.807, 2.05) is 24.3 Å². The van der Waals surface area contributed by atoms with Crippen LogP contribution in [0.5, 0.6) is 0 Å². The van der Waals surface area contributed by atoms with Gasteiger partial charge in [0.25, 0.3) is 5.91 Å². The molecule has 3 nitrogen and oxygen atoms in total. The van der Waals surface area contributed by atoms with E-state index >= 15 is 0 Å². The van der Waals surface area contributed by atoms with Crippen LogP contribution < -0.4 is 5.32 Å². The van der Waals surface area contributed by atoms with Gasteiger partial charge in [0.2, 0.25) is 0 Å². The fourth-order valence-electron chi connectivity index (χ4n) is 3.80. The molecule has 0 aliphatic heterocycles. The zero-order chi connectivity index (χ0) is 17.0. The van der Waals surface area contributed by atoms with Crippen molar-refractivity contribution in [2.24, 2.45) is 17.8 Å². The fraction of sp³-hybridized carbons (Fsp3) is 0.632. The molecular formula is C19H28BrNO2. The summed E-state index contributed by atoms with van der Waals surface area (Å²) in [5.74, 6) is 0.544. The monoisotopic (exact) mass is 381 g/mol. The Hall–Kier alpha value is -0.870. The predicted octanol–water partition coefficient (Wildman–Crippen LogP) is 3.93. The maximum atomic E-state index is 12.7. The van der Waals surface area contributed by atoms with Crippen molar-refractivity contribution >= 4 is 21.8 Å². The van der Waals surface area contributed by atoms with Crippen LogP contribution in [-0.2, 0) is 11.2 Å². The fourth-order valence-corrected chi connectivity index (χ4v) is 4.28. The first kappa shape index (κ1) is 18.5. The Morgan fingerprint density at radius 2 is 2.09 bits per heavy atom. The normalized spacial score (nSPS) is 27.9. The van der Waals surface area contributed by atoms with Crippen LogP contribution in [0.15, 0.2) is 28.7 Å². The molecule has 3 unspecified atom stereocenters. The van der Waals surface area contributed by atoms with Crippen molar-refractivity contribution < 1.29 is 9.90 Å². The van der Waals surface area contributed by atoms with Gasteiger partial charge in [-0.3, -0.25) is 4.79 Å². The molecule has 3 atom stereocenters. The molecule has 1 aliphatic carbocycles. The van der Waals surface area contributed by atoms with E-state index in [4.69, 9.17) is 0 Å². The van der Waals surface area contributed by atoms with E-state index in [0.29, 0.717) is 24.8 Å². The van der Waals surface area contributed by atoms with Crippen molar-refractivity contribution in [2.75, 3.05) is 6.54 Å². The molecule has 0 spiro atoms. The Morgan fingerprint density at radius 1 is 1.39 bits per heavy atom. The molecular weight excluding hydrogens is 354 g/mol. The molecule has 2 rings (SSSR count). The summed E-state index contributed by atoms with van der Waals surface area (Å²) in [6, 6.07) is 8.02. The summed E-state index contributed by atoms with van der Waals surface area (Å²) in [5, 5.41) is 14.0. The third-order valence-corrected chi connectivity index (χ3v) is 5.85. The SMILES string of the molecule is CC1CCC(C(C)C)C(O)(C(=O)NCCc2ccccc2Br)C1. The van der Waals surface area contributed by atoms with E-state index in [1.165, 1.54) is 0 Å². The number of benzene rings is 1. The van der Waals surface area contributed by atoms with Crippen molar-refractivity contribution in [1.82, 2.24) is 5.32 Å². The second kappa shape index (κ2) is 7.80. The maximum absolute atomic E-state index is 12.7. The lowest BCUT2D eigenvalue weighted by Crippen LogP contribution is -2.56. The van der Waals surface area contributed by atoms with Gasteiger partial charge in [-0.05, 0) is 48.6 Å². The molecule has 0 aromatic heterocycles. The molecule has 4 heteroatoms. The van der Waals surface area contributed by atoms with Gasteiger partial charge in [0.15, 0.2) is 0 Å². The molecule has 1 aromatic carbocycles. The molecule has 1 aliphatic rings. The molecule has 23 heavy (non-hydrogen) atoms. The third kappa shape index (κ3) is 4.36. The highest BCUT2D eigenvalue weighted by atomic mass is 79.9. The minimum absolute atomic E-state index is 0.0437. The summed E-state index contributed by atoms with van der Waals surface area (Å²) in [6.07, 6.45) is 3.34. The van der Waals surface area contributed by atoms with Gasteiger partial charge in [0, 0.05) is 11.0 Å². The highest BCUT2D eigenvalue weighted by Crippen LogP contribution is 2.41. The lowest BCUT2D eigenvalue weighted by atomic mass is 9.66. The Kier molecular flexibility index (Phi) is 6.26. The second-order valence-electron chi connectivity index (χ2n) is 7.26. The largest absolute Gasteiger partial charge is 0.380 e. The van der Waals surface area contributed by atoms with Gasteiger partial charge >= 0.3 is 0 Å². The van der Waals surface area contributed by atoms with E-state index in [2.05, 4.69) is 42.0 Å². The summed E-state index contributed by atoms with van der Waals surface area (Å²) >= 11 is 3.53. The zero-order valence-electron chi connectivity index (χ0n) is 14.3. The first-order valence-corrected chi connectivity index (χ1v) is 9.38. The van der Waals surface area contributed by atoms with Gasteiger partial charge in [-0.15, -0.1) is 0 Å². The molecule has 1 aromatic rings. The van der Waals surface area contributed by atoms with Crippen LogP contribution in [0.25, 0.3) is 0 Å². The minimum atomic E-state index is -1.22. The first-order chi connectivity index (χ1) is 10.8. The van der Waals surface area contributed by atoms with E-state index in [1.54, 1.807) is 0 Å². The zero-order valence-corrected chi connectivity index (χ0v) is 15.9. The number of hydrogen-bond acceptors (Lipinski definition) is 2. The van der Waals surface area contributed by atoms with Crippen molar-refractivity contribution in [1.29, 1.82) is 0 Å². The summed E-state index contributed by atoms with van der Waals surface area (Å²) in [6.45, 7) is 6.86. The standard InChI is InChI=1S/C19H28BrNO2/c1-13(2)16-9-8-14(3)12-19(16,23)18(22)21-11-10-15-6-4-5-7-17(15)20/h4-7,13-14,16,23H,8-12H2,1-3H3,(H,21,22). The molecule has 1 amide bonds. The molecule has 0 heterocycles. The van der Waals surface area contributed by atoms with Crippen LogP contribution in [0, 0.1) is 17.8 Å². The van der Waals surface area contributed by atoms with Crippen molar-refractivity contribution in [3.8, 4) is 0 Å². The van der Waals surface area contributed by atoms with Gasteiger partial charge < -0.3 is 10.4 Å². The summed E-state index contributed by atoms with van der Waals surface area (Å²) in [5.41, 5.74) is -0.0584. The van der Waals surface area contributed by atoms with Gasteiger partial charge in [-0.2, -0.15) is 0 Å². The van der Waals surface area contributed by atoms with Crippen LogP contribution in [0.1, 0.15) is 45.6 Å². The average molecular weight is 382 g/mol. The number of hydrogen-bond donors (Lipinski definition) is 2. The summed E-state index contributed by atoms with van der Waals surface area (Å²) in [7, 11) is 0. The Morgan fingerprint density at radius 3 is 2.74 bits per heavy atom. The number of halogens is 1. The minimum Gasteiger partial charge on any atom is -0.380 e. The topological polar surface area (TPSA) is 49.3 Å². The van der Waals surface area contributed by atoms with Gasteiger partial charge in [-0.25, -0.2) is 0 Å². The lowest BCUT2D eigenvalue weighted by Gasteiger charge is -2.43. The lowest BCUT2D eigenvalue weighted by molar-refractivity contribution is -0.155. The van der Waals surface area contributed by atoms with Gasteiger partial charge in [0.1, 0.15) is 5.60 Å². The molecule has 1 fully saturated rings. The van der Waals surface area contributed by atoms with Crippen LogP contribution in [0.3, 0.4) is 0 Å². The molecule has 0 saturated heterocycles. The average Bonchev–Trinajstić information content (AvgIpc) is 2.48. The van der Waals surface area contributed by atoms with Crippen molar-refractivity contribution in [3.05, 3.63) is 34.3 Å². The van der Waals surface area contributed by atoms with Gasteiger partial charge in [0.05, 0.1) is 0 Å². The van der Waals surface area contributed by atoms with Crippen LogP contribution in [0.4, 0.5) is 0 Å². The van der Waals surface area contributed by atoms with Crippen LogP contribution >= 0.6 is 15.9 Å². The van der Waals surface area contributed by atoms with Gasteiger partial charge in [-0.1, -0.05) is 61.3 Å². The van der Waals surface area contributed by atoms with Crippen molar-refractivity contribution in [3.63, 3.8) is 0 Å². The van der Waals surface area contributed by atoms with Crippen LogP contribution in [-0.4, -0.2) is 23.2 Å². The summed E-state index contributed by atoms with van der Waals surface area (Å²) in [4.78, 5) is 12.7. The number of rotatable bonds is 5. The number of amides is 1. The van der Waals surface area contributed by atoms with E-state index < -0.39 is 5.60 Å². The van der Waals surface area contributed by atoms with E-state index in [0.717, 1.165) is 29.3 Å². The molecule has 1 saturated carbocycles. The molecule has 128 valence electrons. The van der Waals surface area contributed by atoms with Crippen LogP contribution in [0.2, 0.25) is 0 Å². The molecule has 0 bridgehead atoms. The number of carbonyl (C=O) groups is 1. The highest BCUT2D eigenvalue weighted by Gasteiger charge is 2.48. The maximum Gasteiger partial charge on any atom is 0.252 e. The number of nitrogens with one attached hydrogen (secondary N) is 1. The third-order valence-electron chi connectivity index (χ3n) is 5.08. The molecule has 2 N–H and O–H groups in total. The second-order valence-corrected chi connectivity index (χ2v) is 8.11. The Balaban J connectivity index is 1.98. The van der Waals surface area contributed by atoms with E-state index in [9.17, 15) is 9.90 Å². The Labute approximate surface area is 148 Å². The highest BCUT2D eigenvalue weighted by molar-refractivity contribution is 9.10. The smallest absolute Gasteiger partial charge is 0.252 e. The molecule has 0 radical (unpaired) electrons. The Bertz CT molecular complexity index is 546. The number of carbonyl (C=O) groups excluding carboxylic acids is 1. The quantitative estimate of drug-likeness (QED) is 0.811. The van der Waals surface area contributed by atoms with Crippen molar-refractivity contribution in [2.45, 2.75) is 52.1 Å². The predicted molar refractivity (Wildman–Crippen MR) is 97.1 cm³/mol. The first-order valence-electron chi connectivity index (χ1n) is 8.58. The summed E-state index contributed by atoms with van der Waals surface area (Å²) < 4.78 is 1.05. The van der Waals surface area contributed by atoms with E-state index in [-0.39, 0.29) is 11.8 Å².